The number of nitrogens with two attached hydrogens (primary N) is 1. The van der Waals surface area contributed by atoms with Crippen LogP contribution in [0.1, 0.15) is 18.4 Å². The molecule has 0 saturated heterocycles. The Bertz CT molecular complexity index is 544. The van der Waals surface area contributed by atoms with E-state index in [2.05, 4.69) is 6.58 Å². The summed E-state index contributed by atoms with van der Waals surface area (Å²) >= 11 is 0. The summed E-state index contributed by atoms with van der Waals surface area (Å²) in [5.41, 5.74) is 5.57. The van der Waals surface area contributed by atoms with Crippen LogP contribution in [0.3, 0.4) is 0 Å². The van der Waals surface area contributed by atoms with Crippen molar-refractivity contribution in [3.05, 3.63) is 42.2 Å². The fraction of sp³-hybridized carbons (Fsp3) is 0.385. The minimum absolute atomic E-state index is 0.0324. The van der Waals surface area contributed by atoms with Crippen molar-refractivity contribution in [2.24, 2.45) is 5.73 Å². The van der Waals surface area contributed by atoms with Crippen molar-refractivity contribution in [2.45, 2.75) is 24.3 Å². The van der Waals surface area contributed by atoms with Gasteiger partial charge in [0.05, 0.1) is 4.90 Å². The van der Waals surface area contributed by atoms with Crippen molar-refractivity contribution in [3.8, 4) is 0 Å². The zero-order valence-electron chi connectivity index (χ0n) is 11.0. The van der Waals surface area contributed by atoms with Gasteiger partial charge < -0.3 is 5.73 Å². The number of hydrogen-bond donors (Lipinski definition) is 1. The summed E-state index contributed by atoms with van der Waals surface area (Å²) in [6.45, 7) is 3.95. The third-order valence-electron chi connectivity index (χ3n) is 2.83. The van der Waals surface area contributed by atoms with Crippen LogP contribution >= 0.6 is 0 Å². The Balaban J connectivity index is 2.96. The van der Waals surface area contributed by atoms with Crippen LogP contribution in [-0.4, -0.2) is 26.3 Å². The van der Waals surface area contributed by atoms with Crippen molar-refractivity contribution in [1.82, 2.24) is 4.31 Å². The van der Waals surface area contributed by atoms with Gasteiger partial charge in [0.15, 0.2) is 0 Å². The molecule has 1 aromatic carbocycles. The lowest BCUT2D eigenvalue weighted by molar-refractivity contribution is 0.462. The number of unbranched alkanes of at least 4 members (excludes halogenated alkanes) is 1. The molecule has 0 fully saturated rings. The average Bonchev–Trinajstić information content (AvgIpc) is 2.39. The fourth-order valence-electron chi connectivity index (χ4n) is 1.63. The number of benzene rings is 1. The lowest BCUT2D eigenvalue weighted by atomic mass is 10.2. The molecule has 0 saturated carbocycles. The first-order chi connectivity index (χ1) is 8.93. The molecule has 0 bridgehead atoms. The van der Waals surface area contributed by atoms with Gasteiger partial charge in [-0.25, -0.2) is 17.1 Å². The second-order valence-electron chi connectivity index (χ2n) is 4.21. The van der Waals surface area contributed by atoms with Crippen LogP contribution in [0.15, 0.2) is 35.7 Å². The molecule has 0 heterocycles. The van der Waals surface area contributed by atoms with Crippen LogP contribution in [0.4, 0.5) is 4.39 Å². The van der Waals surface area contributed by atoms with Crippen molar-refractivity contribution < 1.29 is 12.8 Å². The normalized spacial score (nSPS) is 11.8. The highest BCUT2D eigenvalue weighted by molar-refractivity contribution is 7.89. The zero-order chi connectivity index (χ0) is 14.5. The lowest BCUT2D eigenvalue weighted by Crippen LogP contribution is -2.28. The first-order valence-corrected chi connectivity index (χ1v) is 7.43. The van der Waals surface area contributed by atoms with Gasteiger partial charge in [-0.15, -0.1) is 6.58 Å². The van der Waals surface area contributed by atoms with Gasteiger partial charge in [0.25, 0.3) is 0 Å². The second kappa shape index (κ2) is 6.79. The second-order valence-corrected chi connectivity index (χ2v) is 6.26. The molecular formula is C13H19FN2O2S. The van der Waals surface area contributed by atoms with E-state index in [1.165, 1.54) is 23.5 Å². The average molecular weight is 286 g/mol. The molecule has 4 nitrogen and oxygen atoms in total. The van der Waals surface area contributed by atoms with Crippen molar-refractivity contribution >= 4 is 10.0 Å². The van der Waals surface area contributed by atoms with Gasteiger partial charge in [-0.1, -0.05) is 6.08 Å². The van der Waals surface area contributed by atoms with Crippen LogP contribution < -0.4 is 5.73 Å². The van der Waals surface area contributed by atoms with Crippen molar-refractivity contribution in [2.75, 3.05) is 13.6 Å². The molecule has 0 amide bonds. The predicted octanol–water partition coefficient (Wildman–Crippen LogP) is 1.87. The van der Waals surface area contributed by atoms with Gasteiger partial charge in [-0.05, 0) is 31.0 Å². The van der Waals surface area contributed by atoms with Gasteiger partial charge in [0.2, 0.25) is 10.0 Å². The van der Waals surface area contributed by atoms with E-state index in [4.69, 9.17) is 5.73 Å². The maximum atomic E-state index is 13.3. The molecule has 0 aliphatic rings. The molecule has 0 aliphatic heterocycles. The molecule has 0 spiro atoms. The van der Waals surface area contributed by atoms with E-state index in [9.17, 15) is 12.8 Å². The summed E-state index contributed by atoms with van der Waals surface area (Å²) in [5, 5.41) is 0. The smallest absolute Gasteiger partial charge is 0.242 e. The summed E-state index contributed by atoms with van der Waals surface area (Å²) in [5.74, 6) is -0.490. The Kier molecular flexibility index (Phi) is 5.65. The minimum atomic E-state index is -3.59. The van der Waals surface area contributed by atoms with Crippen molar-refractivity contribution in [1.29, 1.82) is 0 Å². The highest BCUT2D eigenvalue weighted by Gasteiger charge is 2.21. The zero-order valence-corrected chi connectivity index (χ0v) is 11.8. The van der Waals surface area contributed by atoms with Crippen LogP contribution in [0.2, 0.25) is 0 Å². The summed E-state index contributed by atoms with van der Waals surface area (Å²) in [7, 11) is -2.09. The van der Waals surface area contributed by atoms with Crippen LogP contribution in [0.5, 0.6) is 0 Å². The van der Waals surface area contributed by atoms with E-state index in [0.717, 1.165) is 12.5 Å². The van der Waals surface area contributed by atoms with Gasteiger partial charge in [-0.3, -0.25) is 0 Å². The Hall–Kier alpha value is -1.24. The summed E-state index contributed by atoms with van der Waals surface area (Å²) < 4.78 is 39.0. The van der Waals surface area contributed by atoms with E-state index >= 15 is 0 Å². The van der Waals surface area contributed by atoms with Crippen molar-refractivity contribution in [3.63, 3.8) is 0 Å². The molecule has 0 radical (unpaired) electrons. The molecule has 6 heteroatoms. The SMILES string of the molecule is C=CCCCN(C)S(=O)(=O)c1ccc(F)c(CN)c1. The number of allylic oxidation sites excluding steroid dienone is 1. The molecule has 0 unspecified atom stereocenters. The molecule has 0 aliphatic carbocycles. The number of halogens is 1. The summed E-state index contributed by atoms with van der Waals surface area (Å²) in [6, 6.07) is 3.68. The van der Waals surface area contributed by atoms with E-state index in [1.807, 2.05) is 0 Å². The lowest BCUT2D eigenvalue weighted by Gasteiger charge is -2.17. The molecule has 2 N–H and O–H groups in total. The number of sulfonamides is 1. The van der Waals surface area contributed by atoms with Gasteiger partial charge >= 0.3 is 0 Å². The van der Waals surface area contributed by atoms with Crippen LogP contribution in [-0.2, 0) is 16.6 Å². The van der Waals surface area contributed by atoms with Crippen LogP contribution in [0, 0.1) is 5.82 Å². The van der Waals surface area contributed by atoms with E-state index in [0.29, 0.717) is 13.0 Å². The largest absolute Gasteiger partial charge is 0.326 e. The molecule has 106 valence electrons. The van der Waals surface area contributed by atoms with E-state index < -0.39 is 15.8 Å². The predicted molar refractivity (Wildman–Crippen MR) is 73.5 cm³/mol. The molecule has 19 heavy (non-hydrogen) atoms. The first kappa shape index (κ1) is 15.8. The molecule has 1 rings (SSSR count). The Labute approximate surface area is 113 Å². The van der Waals surface area contributed by atoms with Crippen LogP contribution in [0.25, 0.3) is 0 Å². The standard InChI is InChI=1S/C13H19FN2O2S/c1-3-4-5-8-16(2)19(17,18)12-6-7-13(14)11(9-12)10-15/h3,6-7,9H,1,4-5,8,10,15H2,2H3. The summed E-state index contributed by atoms with van der Waals surface area (Å²) in [4.78, 5) is 0.0652. The Morgan fingerprint density at radius 2 is 2.16 bits per heavy atom. The van der Waals surface area contributed by atoms with E-state index in [-0.39, 0.29) is 17.0 Å². The summed E-state index contributed by atoms with van der Waals surface area (Å²) in [6.07, 6.45) is 3.19. The number of nitrogens with zero attached hydrogens (tertiary/aromatic N) is 1. The highest BCUT2D eigenvalue weighted by atomic mass is 32.2. The quantitative estimate of drug-likeness (QED) is 0.615. The molecule has 0 atom stereocenters. The van der Waals surface area contributed by atoms with E-state index in [1.54, 1.807) is 6.08 Å². The molecule has 0 aromatic heterocycles. The molecular weight excluding hydrogens is 267 g/mol. The maximum Gasteiger partial charge on any atom is 0.242 e. The fourth-order valence-corrected chi connectivity index (χ4v) is 2.89. The minimum Gasteiger partial charge on any atom is -0.326 e. The van der Waals surface area contributed by atoms with Gasteiger partial charge in [0.1, 0.15) is 5.82 Å². The molecule has 1 aromatic rings. The Morgan fingerprint density at radius 1 is 1.47 bits per heavy atom. The monoisotopic (exact) mass is 286 g/mol. The van der Waals surface area contributed by atoms with Gasteiger partial charge in [0, 0.05) is 25.7 Å². The number of rotatable bonds is 7. The topological polar surface area (TPSA) is 63.4 Å². The first-order valence-electron chi connectivity index (χ1n) is 5.99. The third kappa shape index (κ3) is 3.86. The highest BCUT2D eigenvalue weighted by Crippen LogP contribution is 2.18. The maximum absolute atomic E-state index is 13.3. The van der Waals surface area contributed by atoms with Gasteiger partial charge in [-0.2, -0.15) is 0 Å². The Morgan fingerprint density at radius 3 is 2.74 bits per heavy atom. The third-order valence-corrected chi connectivity index (χ3v) is 4.68. The number of hydrogen-bond acceptors (Lipinski definition) is 3.